The highest BCUT2D eigenvalue weighted by molar-refractivity contribution is 5.96. The van der Waals surface area contributed by atoms with Crippen LogP contribution in [-0.4, -0.2) is 24.8 Å². The number of nitrogens with two attached hydrogens (primary N) is 1. The number of benzene rings is 1. The average Bonchev–Trinajstić information content (AvgIpc) is 2.83. The summed E-state index contributed by atoms with van der Waals surface area (Å²) >= 11 is 0. The Bertz CT molecular complexity index is 794. The Balaban J connectivity index is 2.79. The number of aromatic nitrogens is 1. The zero-order valence-corrected chi connectivity index (χ0v) is 11.7. The second-order valence-corrected chi connectivity index (χ2v) is 4.19. The number of esters is 1. The third-order valence-corrected chi connectivity index (χ3v) is 3.04. The molecule has 1 aromatic carbocycles. The zero-order valence-electron chi connectivity index (χ0n) is 11.7. The van der Waals surface area contributed by atoms with Gasteiger partial charge in [-0.2, -0.15) is 5.26 Å². The maximum absolute atomic E-state index is 14.4. The summed E-state index contributed by atoms with van der Waals surface area (Å²) in [5.74, 6) is -3.41. The molecule has 1 heterocycles. The van der Waals surface area contributed by atoms with E-state index in [9.17, 15) is 13.6 Å². The van der Waals surface area contributed by atoms with Crippen LogP contribution in [-0.2, 0) is 4.74 Å². The Morgan fingerprint density at radius 3 is 2.59 bits per heavy atom. The van der Waals surface area contributed by atoms with Crippen molar-refractivity contribution >= 4 is 11.7 Å². The van der Waals surface area contributed by atoms with Crippen LogP contribution in [0.15, 0.2) is 18.3 Å². The van der Waals surface area contributed by atoms with Crippen molar-refractivity contribution in [3.8, 4) is 17.5 Å². The Labute approximate surface area is 124 Å². The standard InChI is InChI=1S/C14H11F2N3O3/c1-21-13-8(15)3-4-9(10(13)16)19-6-7(5-17)11(18)12(19)14(20)22-2/h3-4,6H,18H2,1-2H3. The molecule has 0 amide bonds. The summed E-state index contributed by atoms with van der Waals surface area (Å²) < 4.78 is 38.1. The van der Waals surface area contributed by atoms with Gasteiger partial charge in [-0.25, -0.2) is 13.6 Å². The number of nitriles is 1. The molecule has 0 saturated carbocycles. The molecule has 0 atom stereocenters. The number of carbonyl (C=O) groups excluding carboxylic acids is 1. The first kappa shape index (κ1) is 15.3. The molecule has 2 N–H and O–H groups in total. The van der Waals surface area contributed by atoms with Crippen molar-refractivity contribution in [2.24, 2.45) is 0 Å². The molecule has 1 aromatic heterocycles. The molecule has 0 aliphatic carbocycles. The molecule has 0 spiro atoms. The Morgan fingerprint density at radius 1 is 1.36 bits per heavy atom. The van der Waals surface area contributed by atoms with E-state index in [-0.39, 0.29) is 22.6 Å². The number of nitrogen functional groups attached to an aromatic ring is 1. The van der Waals surface area contributed by atoms with Gasteiger partial charge < -0.3 is 19.8 Å². The van der Waals surface area contributed by atoms with Gasteiger partial charge in [0, 0.05) is 6.20 Å². The molecule has 2 aromatic rings. The Hall–Kier alpha value is -3.08. The highest BCUT2D eigenvalue weighted by atomic mass is 19.1. The highest BCUT2D eigenvalue weighted by Gasteiger charge is 2.25. The van der Waals surface area contributed by atoms with Gasteiger partial charge in [0.2, 0.25) is 0 Å². The molecule has 0 unspecified atom stereocenters. The smallest absolute Gasteiger partial charge is 0.357 e. The number of rotatable bonds is 3. The minimum Gasteiger partial charge on any atom is -0.491 e. The van der Waals surface area contributed by atoms with Crippen LogP contribution >= 0.6 is 0 Å². The fraction of sp³-hybridized carbons (Fsp3) is 0.143. The van der Waals surface area contributed by atoms with Crippen LogP contribution in [0.2, 0.25) is 0 Å². The van der Waals surface area contributed by atoms with Gasteiger partial charge in [-0.3, -0.25) is 0 Å². The average molecular weight is 307 g/mol. The normalized spacial score (nSPS) is 10.1. The molecular formula is C14H11F2N3O3. The largest absolute Gasteiger partial charge is 0.491 e. The summed E-state index contributed by atoms with van der Waals surface area (Å²) in [6.07, 6.45) is 1.16. The Kier molecular flexibility index (Phi) is 3.99. The molecule has 0 radical (unpaired) electrons. The van der Waals surface area contributed by atoms with Crippen molar-refractivity contribution in [3.05, 3.63) is 41.2 Å². The number of nitrogens with zero attached hydrogens (tertiary/aromatic N) is 2. The second kappa shape index (κ2) is 5.73. The van der Waals surface area contributed by atoms with Crippen LogP contribution in [0.3, 0.4) is 0 Å². The van der Waals surface area contributed by atoms with Crippen LogP contribution < -0.4 is 10.5 Å². The third kappa shape index (κ3) is 2.22. The maximum atomic E-state index is 14.4. The van der Waals surface area contributed by atoms with Crippen molar-refractivity contribution in [1.29, 1.82) is 5.26 Å². The van der Waals surface area contributed by atoms with Crippen molar-refractivity contribution in [2.75, 3.05) is 20.0 Å². The van der Waals surface area contributed by atoms with E-state index in [1.54, 1.807) is 6.07 Å². The lowest BCUT2D eigenvalue weighted by Crippen LogP contribution is -2.12. The van der Waals surface area contributed by atoms with E-state index >= 15 is 0 Å². The quantitative estimate of drug-likeness (QED) is 0.876. The van der Waals surface area contributed by atoms with E-state index in [1.165, 1.54) is 0 Å². The lowest BCUT2D eigenvalue weighted by atomic mass is 10.2. The molecule has 2 rings (SSSR count). The van der Waals surface area contributed by atoms with Crippen molar-refractivity contribution in [2.45, 2.75) is 0 Å². The molecule has 8 heteroatoms. The lowest BCUT2D eigenvalue weighted by molar-refractivity contribution is 0.0593. The minimum absolute atomic E-state index is 0.0388. The number of carbonyl (C=O) groups is 1. The van der Waals surface area contributed by atoms with Gasteiger partial charge in [-0.1, -0.05) is 0 Å². The first-order chi connectivity index (χ1) is 10.5. The summed E-state index contributed by atoms with van der Waals surface area (Å²) in [6, 6.07) is 3.85. The number of halogens is 2. The minimum atomic E-state index is -1.04. The highest BCUT2D eigenvalue weighted by Crippen LogP contribution is 2.31. The third-order valence-electron chi connectivity index (χ3n) is 3.04. The van der Waals surface area contributed by atoms with E-state index in [4.69, 9.17) is 11.0 Å². The molecule has 22 heavy (non-hydrogen) atoms. The van der Waals surface area contributed by atoms with Crippen LogP contribution in [0.5, 0.6) is 5.75 Å². The lowest BCUT2D eigenvalue weighted by Gasteiger charge is -2.12. The van der Waals surface area contributed by atoms with Crippen LogP contribution in [0.25, 0.3) is 5.69 Å². The molecule has 114 valence electrons. The van der Waals surface area contributed by atoms with Crippen molar-refractivity contribution in [1.82, 2.24) is 4.57 Å². The van der Waals surface area contributed by atoms with Gasteiger partial charge in [0.05, 0.1) is 31.2 Å². The number of anilines is 1. The molecule has 6 nitrogen and oxygen atoms in total. The van der Waals surface area contributed by atoms with Gasteiger partial charge in [-0.05, 0) is 12.1 Å². The number of hydrogen-bond acceptors (Lipinski definition) is 5. The van der Waals surface area contributed by atoms with E-state index in [1.807, 2.05) is 0 Å². The van der Waals surface area contributed by atoms with E-state index in [2.05, 4.69) is 9.47 Å². The Morgan fingerprint density at radius 2 is 2.05 bits per heavy atom. The first-order valence-corrected chi connectivity index (χ1v) is 5.97. The number of ether oxygens (including phenoxy) is 2. The summed E-state index contributed by atoms with van der Waals surface area (Å²) in [5.41, 5.74) is 5.08. The molecule has 0 aliphatic rings. The molecule has 0 bridgehead atoms. The predicted molar refractivity (Wildman–Crippen MR) is 72.7 cm³/mol. The van der Waals surface area contributed by atoms with E-state index in [0.717, 1.165) is 37.1 Å². The van der Waals surface area contributed by atoms with Crippen LogP contribution in [0.1, 0.15) is 16.1 Å². The van der Waals surface area contributed by atoms with Crippen molar-refractivity contribution in [3.63, 3.8) is 0 Å². The van der Waals surface area contributed by atoms with Crippen LogP contribution in [0, 0.1) is 23.0 Å². The molecule has 0 fully saturated rings. The topological polar surface area (TPSA) is 90.3 Å². The van der Waals surface area contributed by atoms with Gasteiger partial charge >= 0.3 is 5.97 Å². The van der Waals surface area contributed by atoms with E-state index in [0.29, 0.717) is 0 Å². The summed E-state index contributed by atoms with van der Waals surface area (Å²) in [7, 11) is 2.23. The second-order valence-electron chi connectivity index (χ2n) is 4.19. The van der Waals surface area contributed by atoms with E-state index < -0.39 is 23.4 Å². The fourth-order valence-electron chi connectivity index (χ4n) is 2.00. The first-order valence-electron chi connectivity index (χ1n) is 5.97. The van der Waals surface area contributed by atoms with Crippen molar-refractivity contribution < 1.29 is 23.0 Å². The number of methoxy groups -OCH3 is 2. The van der Waals surface area contributed by atoms with Crippen LogP contribution in [0.4, 0.5) is 14.5 Å². The zero-order chi connectivity index (χ0) is 16.4. The monoisotopic (exact) mass is 307 g/mol. The molecular weight excluding hydrogens is 296 g/mol. The predicted octanol–water partition coefficient (Wildman–Crippen LogP) is 2.00. The maximum Gasteiger partial charge on any atom is 0.357 e. The SMILES string of the molecule is COC(=O)c1c(N)c(C#N)cn1-c1ccc(F)c(OC)c1F. The summed E-state index contributed by atoms with van der Waals surface area (Å²) in [6.45, 7) is 0. The fourth-order valence-corrected chi connectivity index (χ4v) is 2.00. The summed E-state index contributed by atoms with van der Waals surface area (Å²) in [4.78, 5) is 11.8. The van der Waals surface area contributed by atoms with Gasteiger partial charge in [0.15, 0.2) is 23.1 Å². The number of hydrogen-bond donors (Lipinski definition) is 1. The molecule has 0 aliphatic heterocycles. The summed E-state index contributed by atoms with van der Waals surface area (Å²) in [5, 5.41) is 9.00. The van der Waals surface area contributed by atoms with Gasteiger partial charge in [0.25, 0.3) is 0 Å². The molecule has 0 saturated heterocycles. The van der Waals surface area contributed by atoms with Gasteiger partial charge in [-0.15, -0.1) is 0 Å². The van der Waals surface area contributed by atoms with Gasteiger partial charge in [0.1, 0.15) is 6.07 Å².